The zero-order chi connectivity index (χ0) is 26.7. The van der Waals surface area contributed by atoms with Crippen molar-refractivity contribution in [2.45, 2.75) is 37.4 Å². The molecule has 0 N–H and O–H groups in total. The van der Waals surface area contributed by atoms with Crippen molar-refractivity contribution in [3.05, 3.63) is 48.0 Å². The summed E-state index contributed by atoms with van der Waals surface area (Å²) in [5.74, 6) is 0.427. The van der Waals surface area contributed by atoms with Crippen molar-refractivity contribution in [1.29, 1.82) is 0 Å². The van der Waals surface area contributed by atoms with Crippen LogP contribution in [0.1, 0.15) is 30.6 Å². The summed E-state index contributed by atoms with van der Waals surface area (Å²) >= 11 is 1.43. The van der Waals surface area contributed by atoms with Crippen LogP contribution >= 0.6 is 11.3 Å². The minimum absolute atomic E-state index is 0.161. The topological polar surface area (TPSA) is 92.3 Å². The second-order valence-electron chi connectivity index (χ2n) is 9.52. The fourth-order valence-electron chi connectivity index (χ4n) is 4.42. The molecule has 2 unspecified atom stereocenters. The van der Waals surface area contributed by atoms with Gasteiger partial charge in [-0.2, -0.15) is 4.31 Å². The van der Waals surface area contributed by atoms with Gasteiger partial charge in [-0.05, 0) is 77.3 Å². The van der Waals surface area contributed by atoms with Crippen molar-refractivity contribution in [3.63, 3.8) is 0 Å². The van der Waals surface area contributed by atoms with Gasteiger partial charge >= 0.3 is 0 Å². The Hall–Kier alpha value is -2.57. The van der Waals surface area contributed by atoms with E-state index in [0.29, 0.717) is 41.6 Å². The number of fused-ring (bicyclic) bond motifs is 1. The van der Waals surface area contributed by atoms with E-state index in [-0.39, 0.29) is 23.0 Å². The largest absolute Gasteiger partial charge is 0.494 e. The minimum Gasteiger partial charge on any atom is -0.494 e. The summed E-state index contributed by atoms with van der Waals surface area (Å²) in [6, 6.07) is 11.9. The van der Waals surface area contributed by atoms with E-state index in [2.05, 4.69) is 4.90 Å². The molecule has 1 aromatic heterocycles. The fourth-order valence-corrected chi connectivity index (χ4v) is 7.02. The number of hydrogen-bond acceptors (Lipinski definition) is 8. The summed E-state index contributed by atoms with van der Waals surface area (Å²) in [5, 5.41) is 0.580. The Kier molecular flexibility index (Phi) is 8.49. The molecule has 1 amide bonds. The Morgan fingerprint density at radius 3 is 2.41 bits per heavy atom. The van der Waals surface area contributed by atoms with Crippen molar-refractivity contribution in [1.82, 2.24) is 14.2 Å². The molecule has 1 fully saturated rings. The molecule has 3 aromatic rings. The van der Waals surface area contributed by atoms with Crippen LogP contribution in [0.5, 0.6) is 5.75 Å². The van der Waals surface area contributed by atoms with Gasteiger partial charge in [0.05, 0.1) is 28.9 Å². The number of aromatic nitrogens is 1. The number of amides is 1. The Bertz CT molecular complexity index is 1330. The van der Waals surface area contributed by atoms with Crippen LogP contribution in [0.15, 0.2) is 47.4 Å². The van der Waals surface area contributed by atoms with Crippen LogP contribution in [0.3, 0.4) is 0 Å². The number of hydrogen-bond donors (Lipinski definition) is 0. The van der Waals surface area contributed by atoms with E-state index in [1.165, 1.54) is 27.8 Å². The number of nitrogens with zero attached hydrogens (tertiary/aromatic N) is 4. The molecule has 1 aliphatic rings. The molecule has 0 bridgehead atoms. The standard InChI is InChI=1S/C26H34N4O5S2/c1-18-16-29(17-19(2)35-18)37(32,33)21-12-10-20(11-13-21)25(31)30(15-7-14-28(3)4)26-27-24-22(34-5)8-6-9-23(24)36-26/h6,8-13,18-19H,7,14-17H2,1-5H3. The highest BCUT2D eigenvalue weighted by Gasteiger charge is 2.32. The molecule has 1 aliphatic heterocycles. The van der Waals surface area contributed by atoms with Crippen molar-refractivity contribution in [3.8, 4) is 5.75 Å². The van der Waals surface area contributed by atoms with Crippen LogP contribution in [0.25, 0.3) is 10.2 Å². The van der Waals surface area contributed by atoms with Gasteiger partial charge < -0.3 is 14.4 Å². The highest BCUT2D eigenvalue weighted by Crippen LogP contribution is 2.35. The number of ether oxygens (including phenoxy) is 2. The molecule has 2 heterocycles. The molecular formula is C26H34N4O5S2. The molecule has 200 valence electrons. The molecule has 0 saturated carbocycles. The number of para-hydroxylation sites is 1. The van der Waals surface area contributed by atoms with E-state index >= 15 is 0 Å². The Morgan fingerprint density at radius 2 is 1.78 bits per heavy atom. The van der Waals surface area contributed by atoms with Gasteiger partial charge in [-0.3, -0.25) is 9.69 Å². The first-order valence-corrected chi connectivity index (χ1v) is 14.5. The lowest BCUT2D eigenvalue weighted by molar-refractivity contribution is -0.0440. The van der Waals surface area contributed by atoms with E-state index < -0.39 is 10.0 Å². The van der Waals surface area contributed by atoms with E-state index in [9.17, 15) is 13.2 Å². The van der Waals surface area contributed by atoms with Crippen molar-refractivity contribution in [2.24, 2.45) is 0 Å². The average molecular weight is 547 g/mol. The molecular weight excluding hydrogens is 512 g/mol. The first-order chi connectivity index (χ1) is 17.6. The summed E-state index contributed by atoms with van der Waals surface area (Å²) in [5.41, 5.74) is 1.12. The number of methoxy groups -OCH3 is 1. The normalized spacial score (nSPS) is 18.9. The van der Waals surface area contributed by atoms with Gasteiger partial charge in [0, 0.05) is 25.2 Å². The van der Waals surface area contributed by atoms with Crippen molar-refractivity contribution < 1.29 is 22.7 Å². The van der Waals surface area contributed by atoms with Gasteiger partial charge in [0.25, 0.3) is 5.91 Å². The maximum Gasteiger partial charge on any atom is 0.260 e. The lowest BCUT2D eigenvalue weighted by Gasteiger charge is -2.34. The third-order valence-electron chi connectivity index (χ3n) is 6.18. The number of rotatable bonds is 9. The summed E-state index contributed by atoms with van der Waals surface area (Å²) in [6.07, 6.45) is 0.399. The van der Waals surface area contributed by atoms with Crippen LogP contribution in [-0.2, 0) is 14.8 Å². The monoisotopic (exact) mass is 546 g/mol. The van der Waals surface area contributed by atoms with Crippen LogP contribution in [-0.4, -0.2) is 88.1 Å². The van der Waals surface area contributed by atoms with Crippen molar-refractivity contribution in [2.75, 3.05) is 52.3 Å². The first kappa shape index (κ1) is 27.5. The maximum absolute atomic E-state index is 13.7. The van der Waals surface area contributed by atoms with Crippen LogP contribution in [0.2, 0.25) is 0 Å². The van der Waals surface area contributed by atoms with Gasteiger partial charge in [0.15, 0.2) is 5.13 Å². The smallest absolute Gasteiger partial charge is 0.260 e. The van der Waals surface area contributed by atoms with Gasteiger partial charge in [-0.15, -0.1) is 0 Å². The molecule has 2 atom stereocenters. The highest BCUT2D eigenvalue weighted by atomic mass is 32.2. The van der Waals surface area contributed by atoms with Crippen LogP contribution in [0.4, 0.5) is 5.13 Å². The summed E-state index contributed by atoms with van der Waals surface area (Å²) in [4.78, 5) is 22.3. The Balaban J connectivity index is 1.61. The van der Waals surface area contributed by atoms with Crippen LogP contribution in [0, 0.1) is 0 Å². The first-order valence-electron chi connectivity index (χ1n) is 12.3. The van der Waals surface area contributed by atoms with Crippen LogP contribution < -0.4 is 9.64 Å². The molecule has 9 nitrogen and oxygen atoms in total. The number of sulfonamides is 1. The van der Waals surface area contributed by atoms with E-state index in [1.54, 1.807) is 24.1 Å². The minimum atomic E-state index is -3.69. The highest BCUT2D eigenvalue weighted by molar-refractivity contribution is 7.89. The Labute approximate surface area is 222 Å². The number of carbonyl (C=O) groups is 1. The Morgan fingerprint density at radius 1 is 1.11 bits per heavy atom. The van der Waals surface area contributed by atoms with E-state index in [4.69, 9.17) is 14.5 Å². The van der Waals surface area contributed by atoms with Gasteiger partial charge in [0.1, 0.15) is 11.3 Å². The lowest BCUT2D eigenvalue weighted by atomic mass is 10.2. The van der Waals surface area contributed by atoms with Gasteiger partial charge in [-0.1, -0.05) is 17.4 Å². The zero-order valence-electron chi connectivity index (χ0n) is 21.9. The molecule has 0 spiro atoms. The number of thiazole rings is 1. The molecule has 37 heavy (non-hydrogen) atoms. The van der Waals surface area contributed by atoms with Gasteiger partial charge in [-0.25, -0.2) is 13.4 Å². The summed E-state index contributed by atoms with van der Waals surface area (Å²) in [7, 11) is 1.89. The number of benzene rings is 2. The number of carbonyl (C=O) groups excluding carboxylic acids is 1. The average Bonchev–Trinajstić information content (AvgIpc) is 3.29. The predicted octanol–water partition coefficient (Wildman–Crippen LogP) is 3.70. The molecule has 2 aromatic carbocycles. The predicted molar refractivity (Wildman–Crippen MR) is 146 cm³/mol. The number of anilines is 1. The third kappa shape index (κ3) is 6.12. The van der Waals surface area contributed by atoms with Gasteiger partial charge in [0.2, 0.25) is 10.0 Å². The van der Waals surface area contributed by atoms with Crippen molar-refractivity contribution >= 4 is 42.6 Å². The second kappa shape index (κ2) is 11.4. The quantitative estimate of drug-likeness (QED) is 0.404. The number of morpholine rings is 1. The second-order valence-corrected chi connectivity index (χ2v) is 12.5. The lowest BCUT2D eigenvalue weighted by Crippen LogP contribution is -2.48. The summed E-state index contributed by atoms with van der Waals surface area (Å²) < 4.78 is 40.0. The molecule has 11 heteroatoms. The molecule has 4 rings (SSSR count). The maximum atomic E-state index is 13.7. The molecule has 0 aliphatic carbocycles. The fraction of sp³-hybridized carbons (Fsp3) is 0.462. The summed E-state index contributed by atoms with van der Waals surface area (Å²) in [6.45, 7) is 5.61. The SMILES string of the molecule is COc1cccc2sc(N(CCCN(C)C)C(=O)c3ccc(S(=O)(=O)N4CC(C)OC(C)C4)cc3)nc12. The molecule has 1 saturated heterocycles. The molecule has 0 radical (unpaired) electrons. The van der Waals surface area contributed by atoms with E-state index in [1.807, 2.05) is 46.1 Å². The zero-order valence-corrected chi connectivity index (χ0v) is 23.5. The third-order valence-corrected chi connectivity index (χ3v) is 9.07. The van der Waals surface area contributed by atoms with E-state index in [0.717, 1.165) is 17.7 Å².